The Morgan fingerprint density at radius 1 is 1.20 bits per heavy atom. The second-order valence-corrected chi connectivity index (χ2v) is 4.44. The van der Waals surface area contributed by atoms with E-state index in [1.165, 1.54) is 6.07 Å². The third-order valence-corrected chi connectivity index (χ3v) is 2.95. The monoisotopic (exact) mass is 274 g/mol. The van der Waals surface area contributed by atoms with E-state index in [2.05, 4.69) is 10.3 Å². The molecule has 0 bridgehead atoms. The third-order valence-electron chi connectivity index (χ3n) is 2.95. The Morgan fingerprint density at radius 3 is 2.80 bits per heavy atom. The minimum absolute atomic E-state index is 0.249. The van der Waals surface area contributed by atoms with Gasteiger partial charge in [-0.3, -0.25) is 4.98 Å². The van der Waals surface area contributed by atoms with Crippen LogP contribution in [0.3, 0.4) is 0 Å². The van der Waals surface area contributed by atoms with Crippen molar-refractivity contribution in [2.24, 2.45) is 0 Å². The van der Waals surface area contributed by atoms with E-state index in [1.54, 1.807) is 18.5 Å². The van der Waals surface area contributed by atoms with E-state index in [0.29, 0.717) is 17.9 Å². The number of pyridine rings is 1. The summed E-state index contributed by atoms with van der Waals surface area (Å²) >= 11 is 0. The first-order chi connectivity index (χ1) is 9.74. The van der Waals surface area contributed by atoms with E-state index in [4.69, 9.17) is 4.74 Å². The van der Waals surface area contributed by atoms with Crippen LogP contribution in [0.1, 0.15) is 19.4 Å². The van der Waals surface area contributed by atoms with Crippen molar-refractivity contribution in [3.05, 3.63) is 48.0 Å². The van der Waals surface area contributed by atoms with Crippen LogP contribution in [0.2, 0.25) is 0 Å². The fraction of sp³-hybridized carbons (Fsp3) is 0.312. The maximum Gasteiger partial charge on any atom is 0.138 e. The van der Waals surface area contributed by atoms with Gasteiger partial charge >= 0.3 is 0 Å². The normalized spacial score (nSPS) is 10.6. The van der Waals surface area contributed by atoms with Crippen molar-refractivity contribution in [2.45, 2.75) is 20.4 Å². The lowest BCUT2D eigenvalue weighted by molar-refractivity contribution is 0.339. The maximum atomic E-state index is 14.0. The average molecular weight is 274 g/mol. The summed E-state index contributed by atoms with van der Waals surface area (Å²) in [7, 11) is 0. The zero-order valence-corrected chi connectivity index (χ0v) is 11.8. The Labute approximate surface area is 118 Å². The second-order valence-electron chi connectivity index (χ2n) is 4.44. The minimum Gasteiger partial charge on any atom is -0.492 e. The van der Waals surface area contributed by atoms with Gasteiger partial charge in [0, 0.05) is 23.9 Å². The number of aromatic nitrogens is 1. The largest absolute Gasteiger partial charge is 0.492 e. The van der Waals surface area contributed by atoms with Crippen LogP contribution in [-0.2, 0) is 6.54 Å². The van der Waals surface area contributed by atoms with Crippen molar-refractivity contribution >= 4 is 0 Å². The lowest BCUT2D eigenvalue weighted by atomic mass is 10.0. The fourth-order valence-electron chi connectivity index (χ4n) is 1.98. The lowest BCUT2D eigenvalue weighted by Gasteiger charge is -2.09. The molecule has 0 fully saturated rings. The number of halogens is 1. The first-order valence-electron chi connectivity index (χ1n) is 6.82. The summed E-state index contributed by atoms with van der Waals surface area (Å²) < 4.78 is 19.4. The predicted molar refractivity (Wildman–Crippen MR) is 78.2 cm³/mol. The van der Waals surface area contributed by atoms with Crippen LogP contribution < -0.4 is 10.1 Å². The Hall–Kier alpha value is -1.94. The molecule has 20 heavy (non-hydrogen) atoms. The van der Waals surface area contributed by atoms with Gasteiger partial charge in [0.2, 0.25) is 0 Å². The molecule has 1 N–H and O–H groups in total. The van der Waals surface area contributed by atoms with Gasteiger partial charge in [0.05, 0.1) is 12.8 Å². The molecule has 0 aliphatic carbocycles. The molecule has 0 aliphatic rings. The van der Waals surface area contributed by atoms with Crippen molar-refractivity contribution < 1.29 is 9.13 Å². The van der Waals surface area contributed by atoms with Crippen molar-refractivity contribution in [1.29, 1.82) is 0 Å². The summed E-state index contributed by atoms with van der Waals surface area (Å²) in [5.41, 5.74) is 2.33. The molecule has 3 nitrogen and oxygen atoms in total. The highest BCUT2D eigenvalue weighted by Crippen LogP contribution is 2.26. The second kappa shape index (κ2) is 7.01. The molecular formula is C16H19FN2O. The molecule has 1 aromatic heterocycles. The zero-order valence-electron chi connectivity index (χ0n) is 11.8. The molecule has 4 heteroatoms. The van der Waals surface area contributed by atoms with Crippen LogP contribution in [0, 0.1) is 5.82 Å². The first kappa shape index (κ1) is 14.5. The molecular weight excluding hydrogens is 255 g/mol. The highest BCUT2D eigenvalue weighted by Gasteiger charge is 2.08. The number of benzene rings is 1. The molecule has 0 aliphatic heterocycles. The SMILES string of the molecule is CCNCc1ccc(F)c(-c2cncc(OCC)c2)c1. The van der Waals surface area contributed by atoms with Crippen molar-refractivity contribution in [3.8, 4) is 16.9 Å². The Morgan fingerprint density at radius 2 is 2.05 bits per heavy atom. The topological polar surface area (TPSA) is 34.2 Å². The summed E-state index contributed by atoms with van der Waals surface area (Å²) in [5.74, 6) is 0.405. The molecule has 0 atom stereocenters. The number of hydrogen-bond donors (Lipinski definition) is 1. The van der Waals surface area contributed by atoms with E-state index in [1.807, 2.05) is 26.0 Å². The van der Waals surface area contributed by atoms with Gasteiger partial charge in [-0.2, -0.15) is 0 Å². The zero-order chi connectivity index (χ0) is 14.4. The van der Waals surface area contributed by atoms with Gasteiger partial charge in [-0.05, 0) is 37.2 Å². The summed E-state index contributed by atoms with van der Waals surface area (Å²) in [6.07, 6.45) is 3.28. The highest BCUT2D eigenvalue weighted by atomic mass is 19.1. The van der Waals surface area contributed by atoms with E-state index < -0.39 is 0 Å². The lowest BCUT2D eigenvalue weighted by Crippen LogP contribution is -2.11. The Bertz CT molecular complexity index is 572. The average Bonchev–Trinajstić information content (AvgIpc) is 2.47. The van der Waals surface area contributed by atoms with Crippen molar-refractivity contribution in [2.75, 3.05) is 13.2 Å². The smallest absolute Gasteiger partial charge is 0.138 e. The molecule has 0 saturated heterocycles. The first-order valence-corrected chi connectivity index (χ1v) is 6.82. The van der Waals surface area contributed by atoms with Crippen LogP contribution in [0.4, 0.5) is 4.39 Å². The molecule has 2 rings (SSSR count). The minimum atomic E-state index is -0.249. The summed E-state index contributed by atoms with van der Waals surface area (Å²) in [6, 6.07) is 6.95. The third kappa shape index (κ3) is 3.54. The van der Waals surface area contributed by atoms with Gasteiger partial charge in [0.1, 0.15) is 11.6 Å². The number of ether oxygens (including phenoxy) is 1. The molecule has 0 spiro atoms. The molecule has 1 aromatic carbocycles. The van der Waals surface area contributed by atoms with Crippen molar-refractivity contribution in [3.63, 3.8) is 0 Å². The van der Waals surface area contributed by atoms with Gasteiger partial charge in [0.15, 0.2) is 0 Å². The summed E-state index contributed by atoms with van der Waals surface area (Å²) in [5, 5.41) is 3.23. The number of nitrogens with zero attached hydrogens (tertiary/aromatic N) is 1. The van der Waals surface area contributed by atoms with E-state index >= 15 is 0 Å². The van der Waals surface area contributed by atoms with E-state index in [0.717, 1.165) is 24.2 Å². The van der Waals surface area contributed by atoms with E-state index in [9.17, 15) is 4.39 Å². The molecule has 106 valence electrons. The van der Waals surface area contributed by atoms with Crippen molar-refractivity contribution in [1.82, 2.24) is 10.3 Å². The van der Waals surface area contributed by atoms with E-state index in [-0.39, 0.29) is 5.82 Å². The Balaban J connectivity index is 2.32. The standard InChI is InChI=1S/C16H19FN2O/c1-3-18-9-12-5-6-16(17)15(7-12)13-8-14(20-4-2)11-19-10-13/h5-8,10-11,18H,3-4,9H2,1-2H3. The van der Waals surface area contributed by atoms with Crippen LogP contribution >= 0.6 is 0 Å². The van der Waals surface area contributed by atoms with Gasteiger partial charge in [-0.15, -0.1) is 0 Å². The van der Waals surface area contributed by atoms with Crippen LogP contribution in [0.25, 0.3) is 11.1 Å². The molecule has 0 amide bonds. The van der Waals surface area contributed by atoms with Crippen LogP contribution in [0.15, 0.2) is 36.7 Å². The maximum absolute atomic E-state index is 14.0. The number of hydrogen-bond acceptors (Lipinski definition) is 3. The van der Waals surface area contributed by atoms with Gasteiger partial charge in [0.25, 0.3) is 0 Å². The van der Waals surface area contributed by atoms with Gasteiger partial charge in [-0.25, -0.2) is 4.39 Å². The molecule has 1 heterocycles. The molecule has 2 aromatic rings. The molecule has 0 saturated carbocycles. The fourth-order valence-corrected chi connectivity index (χ4v) is 1.98. The predicted octanol–water partition coefficient (Wildman–Crippen LogP) is 3.40. The Kier molecular flexibility index (Phi) is 5.07. The number of nitrogens with one attached hydrogen (secondary N) is 1. The van der Waals surface area contributed by atoms with Gasteiger partial charge < -0.3 is 10.1 Å². The highest BCUT2D eigenvalue weighted by molar-refractivity contribution is 5.65. The summed E-state index contributed by atoms with van der Waals surface area (Å²) in [4.78, 5) is 4.11. The quantitative estimate of drug-likeness (QED) is 0.876. The van der Waals surface area contributed by atoms with Gasteiger partial charge in [-0.1, -0.05) is 13.0 Å². The molecule has 0 unspecified atom stereocenters. The van der Waals surface area contributed by atoms with Crippen LogP contribution in [-0.4, -0.2) is 18.1 Å². The van der Waals surface area contributed by atoms with Crippen LogP contribution in [0.5, 0.6) is 5.75 Å². The molecule has 0 radical (unpaired) electrons. The number of rotatable bonds is 6. The summed E-state index contributed by atoms with van der Waals surface area (Å²) in [6.45, 7) is 6.12.